The first kappa shape index (κ1) is 15.3. The van der Waals surface area contributed by atoms with Gasteiger partial charge in [-0.1, -0.05) is 12.1 Å². The highest BCUT2D eigenvalue weighted by molar-refractivity contribution is 5.96. The highest BCUT2D eigenvalue weighted by Crippen LogP contribution is 2.43. The molecule has 0 aliphatic heterocycles. The van der Waals surface area contributed by atoms with Gasteiger partial charge in [-0.3, -0.25) is 0 Å². The molecule has 1 aromatic carbocycles. The average Bonchev–Trinajstić information content (AvgIpc) is 2.53. The second-order valence-corrected chi connectivity index (χ2v) is 5.72. The molecule has 3 rings (SSSR count). The highest BCUT2D eigenvalue weighted by Gasteiger charge is 2.39. The summed E-state index contributed by atoms with van der Waals surface area (Å²) in [6, 6.07) is 9.94. The van der Waals surface area contributed by atoms with Gasteiger partial charge in [0, 0.05) is 5.39 Å². The van der Waals surface area contributed by atoms with E-state index in [1.807, 2.05) is 18.2 Å². The quantitative estimate of drug-likeness (QED) is 0.810. The topological polar surface area (TPSA) is 72.2 Å². The van der Waals surface area contributed by atoms with E-state index in [4.69, 9.17) is 9.47 Å². The van der Waals surface area contributed by atoms with Crippen LogP contribution in [0.15, 0.2) is 24.3 Å². The van der Waals surface area contributed by atoms with Crippen LogP contribution >= 0.6 is 0 Å². The molecule has 0 bridgehead atoms. The van der Waals surface area contributed by atoms with Crippen molar-refractivity contribution in [3.63, 3.8) is 0 Å². The number of nitriles is 1. The number of hydrogen-bond acceptors (Lipinski definition) is 5. The third-order valence-electron chi connectivity index (χ3n) is 4.45. The molecule has 0 unspecified atom stereocenters. The molecule has 0 atom stereocenters. The van der Waals surface area contributed by atoms with E-state index in [1.54, 1.807) is 13.0 Å². The third-order valence-corrected chi connectivity index (χ3v) is 4.45. The van der Waals surface area contributed by atoms with Gasteiger partial charge >= 0.3 is 5.97 Å². The number of carbonyl (C=O) groups excluding carboxylic acids is 1. The van der Waals surface area contributed by atoms with Gasteiger partial charge in [-0.25, -0.2) is 9.78 Å². The summed E-state index contributed by atoms with van der Waals surface area (Å²) in [6.07, 6.45) is 2.84. The van der Waals surface area contributed by atoms with Crippen molar-refractivity contribution in [1.29, 1.82) is 5.26 Å². The zero-order valence-electron chi connectivity index (χ0n) is 13.3. The Morgan fingerprint density at radius 3 is 2.74 bits per heavy atom. The van der Waals surface area contributed by atoms with Crippen LogP contribution in [-0.4, -0.2) is 24.7 Å². The summed E-state index contributed by atoms with van der Waals surface area (Å²) in [4.78, 5) is 16.4. The molecule has 1 saturated carbocycles. The van der Waals surface area contributed by atoms with E-state index < -0.39 is 5.97 Å². The van der Waals surface area contributed by atoms with E-state index in [1.165, 1.54) is 7.11 Å². The van der Waals surface area contributed by atoms with Gasteiger partial charge in [0.05, 0.1) is 30.7 Å². The second kappa shape index (κ2) is 5.88. The fraction of sp³-hybridized carbons (Fsp3) is 0.389. The van der Waals surface area contributed by atoms with Crippen LogP contribution < -0.4 is 4.74 Å². The number of benzene rings is 1. The minimum atomic E-state index is -0.449. The van der Waals surface area contributed by atoms with Crippen LogP contribution in [0.1, 0.15) is 42.1 Å². The van der Waals surface area contributed by atoms with Crippen molar-refractivity contribution in [2.75, 3.05) is 13.7 Å². The summed E-state index contributed by atoms with van der Waals surface area (Å²) < 4.78 is 10.3. The largest absolute Gasteiger partial charge is 0.480 e. The minimum Gasteiger partial charge on any atom is -0.480 e. The molecule has 5 heteroatoms. The zero-order valence-corrected chi connectivity index (χ0v) is 13.3. The zero-order chi connectivity index (χ0) is 16.4. The smallest absolute Gasteiger partial charge is 0.343 e. The summed E-state index contributed by atoms with van der Waals surface area (Å²) in [7, 11) is 1.48. The van der Waals surface area contributed by atoms with Crippen molar-refractivity contribution in [2.24, 2.45) is 0 Å². The molecule has 1 aliphatic carbocycles. The Hall–Kier alpha value is -2.61. The highest BCUT2D eigenvalue weighted by atomic mass is 16.5. The molecule has 0 N–H and O–H groups in total. The normalized spacial score (nSPS) is 15.5. The number of ether oxygens (including phenoxy) is 2. The lowest BCUT2D eigenvalue weighted by molar-refractivity contribution is 0.0522. The molecule has 0 saturated heterocycles. The van der Waals surface area contributed by atoms with E-state index in [0.29, 0.717) is 17.7 Å². The molecule has 1 aliphatic rings. The molecule has 0 amide bonds. The number of nitrogens with zero attached hydrogens (tertiary/aromatic N) is 2. The van der Waals surface area contributed by atoms with E-state index in [9.17, 15) is 10.1 Å². The lowest BCUT2D eigenvalue weighted by atomic mass is 9.65. The lowest BCUT2D eigenvalue weighted by Gasteiger charge is -2.35. The lowest BCUT2D eigenvalue weighted by Crippen LogP contribution is -2.32. The SMILES string of the molecule is CCOC(=O)c1cc2ccc(C3(C#N)CCC3)cc2nc1OC. The second-order valence-electron chi connectivity index (χ2n) is 5.72. The first-order valence-electron chi connectivity index (χ1n) is 7.71. The summed E-state index contributed by atoms with van der Waals surface area (Å²) >= 11 is 0. The van der Waals surface area contributed by atoms with Crippen molar-refractivity contribution in [3.8, 4) is 11.9 Å². The average molecular weight is 310 g/mol. The van der Waals surface area contributed by atoms with Crippen molar-refractivity contribution in [3.05, 3.63) is 35.4 Å². The molecule has 0 radical (unpaired) electrons. The number of hydrogen-bond donors (Lipinski definition) is 0. The van der Waals surface area contributed by atoms with Crippen molar-refractivity contribution in [1.82, 2.24) is 4.98 Å². The maximum atomic E-state index is 12.0. The Balaban J connectivity index is 2.09. The maximum Gasteiger partial charge on any atom is 0.343 e. The van der Waals surface area contributed by atoms with E-state index in [0.717, 1.165) is 30.2 Å². The summed E-state index contributed by atoms with van der Waals surface area (Å²) in [5.74, 6) is -0.206. The molecule has 1 heterocycles. The van der Waals surface area contributed by atoms with E-state index in [-0.39, 0.29) is 11.3 Å². The molecule has 5 nitrogen and oxygen atoms in total. The Kier molecular flexibility index (Phi) is 3.91. The molecular formula is C18H18N2O3. The van der Waals surface area contributed by atoms with Crippen molar-refractivity contribution < 1.29 is 14.3 Å². The van der Waals surface area contributed by atoms with Crippen LogP contribution in [-0.2, 0) is 10.2 Å². The molecular weight excluding hydrogens is 292 g/mol. The van der Waals surface area contributed by atoms with Gasteiger partial charge in [-0.05, 0) is 43.9 Å². The molecule has 23 heavy (non-hydrogen) atoms. The van der Waals surface area contributed by atoms with Gasteiger partial charge in [0.25, 0.3) is 0 Å². The molecule has 1 fully saturated rings. The van der Waals surface area contributed by atoms with Crippen LogP contribution in [0.4, 0.5) is 0 Å². The number of methoxy groups -OCH3 is 1. The number of carbonyl (C=O) groups is 1. The number of rotatable bonds is 4. The Morgan fingerprint density at radius 2 is 2.17 bits per heavy atom. The van der Waals surface area contributed by atoms with Crippen LogP contribution in [0.2, 0.25) is 0 Å². The number of pyridine rings is 1. The monoisotopic (exact) mass is 310 g/mol. The van der Waals surface area contributed by atoms with E-state index >= 15 is 0 Å². The van der Waals surface area contributed by atoms with Crippen LogP contribution in [0.25, 0.3) is 10.9 Å². The summed E-state index contributed by atoms with van der Waals surface area (Å²) in [6.45, 7) is 2.05. The van der Waals surface area contributed by atoms with Crippen LogP contribution in [0.5, 0.6) is 5.88 Å². The number of esters is 1. The van der Waals surface area contributed by atoms with Gasteiger partial charge in [-0.2, -0.15) is 5.26 Å². The maximum absolute atomic E-state index is 12.0. The Bertz CT molecular complexity index is 804. The summed E-state index contributed by atoms with van der Waals surface area (Å²) in [5.41, 5.74) is 1.63. The van der Waals surface area contributed by atoms with E-state index in [2.05, 4.69) is 11.1 Å². The number of aromatic nitrogens is 1. The third kappa shape index (κ3) is 2.50. The Labute approximate surface area is 134 Å². The minimum absolute atomic E-state index is 0.243. The van der Waals surface area contributed by atoms with Crippen molar-refractivity contribution in [2.45, 2.75) is 31.6 Å². The predicted molar refractivity (Wildman–Crippen MR) is 85.4 cm³/mol. The first-order valence-corrected chi connectivity index (χ1v) is 7.71. The standard InChI is InChI=1S/C18H18N2O3/c1-3-23-17(21)14-9-12-5-6-13(18(11-19)7-4-8-18)10-15(12)20-16(14)22-2/h5-6,9-10H,3-4,7-8H2,1-2H3. The van der Waals surface area contributed by atoms with Gasteiger partial charge in [0.1, 0.15) is 5.56 Å². The fourth-order valence-electron chi connectivity index (χ4n) is 2.95. The van der Waals surface area contributed by atoms with Gasteiger partial charge in [-0.15, -0.1) is 0 Å². The molecule has 118 valence electrons. The number of fused-ring (bicyclic) bond motifs is 1. The Morgan fingerprint density at radius 1 is 1.39 bits per heavy atom. The van der Waals surface area contributed by atoms with Gasteiger partial charge in [0.15, 0.2) is 0 Å². The summed E-state index contributed by atoms with van der Waals surface area (Å²) in [5, 5.41) is 10.3. The molecule has 2 aromatic rings. The van der Waals surface area contributed by atoms with Crippen LogP contribution in [0.3, 0.4) is 0 Å². The predicted octanol–water partition coefficient (Wildman–Crippen LogP) is 3.37. The molecule has 0 spiro atoms. The van der Waals surface area contributed by atoms with Gasteiger partial charge in [0.2, 0.25) is 5.88 Å². The molecule has 1 aromatic heterocycles. The fourth-order valence-corrected chi connectivity index (χ4v) is 2.95. The van der Waals surface area contributed by atoms with Crippen molar-refractivity contribution >= 4 is 16.9 Å². The first-order chi connectivity index (χ1) is 11.1. The van der Waals surface area contributed by atoms with Gasteiger partial charge < -0.3 is 9.47 Å². The van der Waals surface area contributed by atoms with Crippen LogP contribution in [0, 0.1) is 11.3 Å².